The van der Waals surface area contributed by atoms with Gasteiger partial charge in [-0.1, -0.05) is 0 Å². The lowest BCUT2D eigenvalue weighted by atomic mass is 10.2. The number of halogens is 3. The van der Waals surface area contributed by atoms with E-state index in [1.54, 1.807) is 0 Å². The Bertz CT molecular complexity index is 417. The predicted molar refractivity (Wildman–Crippen MR) is 52.5 cm³/mol. The van der Waals surface area contributed by atoms with Gasteiger partial charge in [0.25, 0.3) is 5.79 Å². The molecular weight excluding hydrogens is 281 g/mol. The summed E-state index contributed by atoms with van der Waals surface area (Å²) in [6, 6.07) is 0. The molecule has 0 aromatic rings. The van der Waals surface area contributed by atoms with Gasteiger partial charge in [0.1, 0.15) is 5.60 Å². The normalized spacial score (nSPS) is 17.1. The van der Waals surface area contributed by atoms with Crippen molar-refractivity contribution in [2.45, 2.75) is 44.6 Å². The Labute approximate surface area is 102 Å². The van der Waals surface area contributed by atoms with Gasteiger partial charge < -0.3 is 9.84 Å². The minimum absolute atomic E-state index is 0.435. The van der Waals surface area contributed by atoms with E-state index in [9.17, 15) is 31.5 Å². The second kappa shape index (κ2) is 4.67. The van der Waals surface area contributed by atoms with Crippen LogP contribution in [0, 0.1) is 0 Å². The van der Waals surface area contributed by atoms with E-state index in [-0.39, 0.29) is 0 Å². The van der Waals surface area contributed by atoms with Gasteiger partial charge in [0.2, 0.25) is 0 Å². The van der Waals surface area contributed by atoms with E-state index < -0.39 is 33.0 Å². The summed E-state index contributed by atoms with van der Waals surface area (Å²) >= 11 is 0. The zero-order valence-corrected chi connectivity index (χ0v) is 10.8. The average molecular weight is 294 g/mol. The molecule has 0 bridgehead atoms. The van der Waals surface area contributed by atoms with E-state index in [1.807, 2.05) is 0 Å². The molecule has 108 valence electrons. The summed E-state index contributed by atoms with van der Waals surface area (Å²) in [5.74, 6) is -4.91. The zero-order valence-electron chi connectivity index (χ0n) is 10.0. The molecule has 0 rings (SSSR count). The molecule has 6 nitrogen and oxygen atoms in total. The van der Waals surface area contributed by atoms with Crippen molar-refractivity contribution in [3.8, 4) is 0 Å². The van der Waals surface area contributed by atoms with Gasteiger partial charge in [0, 0.05) is 6.92 Å². The highest BCUT2D eigenvalue weighted by Gasteiger charge is 2.53. The van der Waals surface area contributed by atoms with Crippen LogP contribution in [-0.2, 0) is 23.8 Å². The van der Waals surface area contributed by atoms with Gasteiger partial charge >= 0.3 is 21.6 Å². The van der Waals surface area contributed by atoms with Gasteiger partial charge in [-0.25, -0.2) is 8.98 Å². The highest BCUT2D eigenvalue weighted by molar-refractivity contribution is 7.87. The Morgan fingerprint density at radius 2 is 1.50 bits per heavy atom. The number of rotatable bonds is 3. The van der Waals surface area contributed by atoms with Crippen molar-refractivity contribution in [1.82, 2.24) is 0 Å². The molecular formula is C8H13F3O6S. The molecule has 1 atom stereocenters. The number of aliphatic hydroxyl groups is 1. The maximum Gasteiger partial charge on any atom is 0.523 e. The summed E-state index contributed by atoms with van der Waals surface area (Å²) in [6.45, 7) is 4.56. The molecule has 10 heteroatoms. The van der Waals surface area contributed by atoms with Gasteiger partial charge in [0.15, 0.2) is 0 Å². The molecule has 0 spiro atoms. The van der Waals surface area contributed by atoms with Crippen molar-refractivity contribution < 1.29 is 40.4 Å². The second-order valence-electron chi connectivity index (χ2n) is 4.47. The maximum absolute atomic E-state index is 12.0. The third-order valence-electron chi connectivity index (χ3n) is 1.33. The third-order valence-corrected chi connectivity index (χ3v) is 2.44. The van der Waals surface area contributed by atoms with Gasteiger partial charge in [-0.3, -0.25) is 0 Å². The van der Waals surface area contributed by atoms with Crippen LogP contribution in [0.15, 0.2) is 0 Å². The molecule has 1 N–H and O–H groups in total. The van der Waals surface area contributed by atoms with Crippen LogP contribution < -0.4 is 0 Å². The van der Waals surface area contributed by atoms with Crippen LogP contribution in [0.25, 0.3) is 0 Å². The Balaban J connectivity index is 5.04. The number of alkyl halides is 3. The van der Waals surface area contributed by atoms with Gasteiger partial charge in [-0.05, 0) is 20.8 Å². The molecule has 0 fully saturated rings. The number of carbonyl (C=O) groups excluding carboxylic acids is 1. The third kappa shape index (κ3) is 4.78. The number of ether oxygens (including phenoxy) is 1. The lowest BCUT2D eigenvalue weighted by Gasteiger charge is -2.26. The van der Waals surface area contributed by atoms with Crippen LogP contribution in [0.5, 0.6) is 0 Å². The van der Waals surface area contributed by atoms with E-state index >= 15 is 0 Å². The van der Waals surface area contributed by atoms with Crippen LogP contribution in [0.4, 0.5) is 13.2 Å². The standard InChI is InChI=1S/C8H13F3O6S/c1-6(2,3)16-5(12)7(4,13)17-18(14,15)8(9,10)11/h13H,1-4H3/t7-/m0/s1. The first-order chi connectivity index (χ1) is 7.58. The number of hydrogen-bond acceptors (Lipinski definition) is 6. The lowest BCUT2D eigenvalue weighted by molar-refractivity contribution is -0.207. The summed E-state index contributed by atoms with van der Waals surface area (Å²) in [5.41, 5.74) is -6.88. The summed E-state index contributed by atoms with van der Waals surface area (Å²) in [7, 11) is -6.11. The molecule has 0 aliphatic rings. The molecule has 0 unspecified atom stereocenters. The summed E-state index contributed by atoms with van der Waals surface area (Å²) in [4.78, 5) is 11.3. The predicted octanol–water partition coefficient (Wildman–Crippen LogP) is 0.903. The van der Waals surface area contributed by atoms with Gasteiger partial charge in [0.05, 0.1) is 0 Å². The van der Waals surface area contributed by atoms with Crippen LogP contribution in [-0.4, -0.2) is 36.4 Å². The Kier molecular flexibility index (Phi) is 4.44. The van der Waals surface area contributed by atoms with E-state index in [1.165, 1.54) is 20.8 Å². The van der Waals surface area contributed by atoms with Gasteiger partial charge in [-0.15, -0.1) is 0 Å². The quantitative estimate of drug-likeness (QED) is 0.360. The molecule has 0 aliphatic heterocycles. The minimum atomic E-state index is -6.11. The fourth-order valence-corrected chi connectivity index (χ4v) is 1.26. The minimum Gasteiger partial charge on any atom is -0.456 e. The van der Waals surface area contributed by atoms with E-state index in [0.717, 1.165) is 0 Å². The highest BCUT2D eigenvalue weighted by Crippen LogP contribution is 2.29. The monoisotopic (exact) mass is 294 g/mol. The molecule has 0 aromatic carbocycles. The molecule has 0 heterocycles. The van der Waals surface area contributed by atoms with Crippen LogP contribution in [0.3, 0.4) is 0 Å². The molecule has 0 radical (unpaired) electrons. The van der Waals surface area contributed by atoms with Crippen LogP contribution in [0.2, 0.25) is 0 Å². The Morgan fingerprint density at radius 1 is 1.11 bits per heavy atom. The highest BCUT2D eigenvalue weighted by atomic mass is 32.2. The Morgan fingerprint density at radius 3 is 1.78 bits per heavy atom. The van der Waals surface area contributed by atoms with E-state index in [0.29, 0.717) is 6.92 Å². The summed E-state index contributed by atoms with van der Waals surface area (Å²) < 4.78 is 65.2. The topological polar surface area (TPSA) is 89.9 Å². The first-order valence-electron chi connectivity index (χ1n) is 4.56. The number of esters is 1. The fourth-order valence-electron chi connectivity index (χ4n) is 0.668. The largest absolute Gasteiger partial charge is 0.523 e. The SMILES string of the molecule is CC(C)(C)OC(=O)[C@@](C)(O)OS(=O)(=O)C(F)(F)F. The van der Waals surface area contributed by atoms with Crippen molar-refractivity contribution in [3.05, 3.63) is 0 Å². The molecule has 0 amide bonds. The fraction of sp³-hybridized carbons (Fsp3) is 0.875. The van der Waals surface area contributed by atoms with Crippen molar-refractivity contribution in [1.29, 1.82) is 0 Å². The van der Waals surface area contributed by atoms with Crippen LogP contribution in [0.1, 0.15) is 27.7 Å². The second-order valence-corrected chi connectivity index (χ2v) is 6.01. The molecule has 18 heavy (non-hydrogen) atoms. The maximum atomic E-state index is 12.0. The summed E-state index contributed by atoms with van der Waals surface area (Å²) in [6.07, 6.45) is 0. The van der Waals surface area contributed by atoms with E-state index in [2.05, 4.69) is 8.92 Å². The molecule has 0 aromatic heterocycles. The Hall–Kier alpha value is -0.870. The zero-order chi connectivity index (χ0) is 15.0. The number of carbonyl (C=O) groups is 1. The first kappa shape index (κ1) is 17.1. The average Bonchev–Trinajstić information content (AvgIpc) is 1.95. The first-order valence-corrected chi connectivity index (χ1v) is 5.97. The van der Waals surface area contributed by atoms with Gasteiger partial charge in [-0.2, -0.15) is 21.6 Å². The van der Waals surface area contributed by atoms with Crippen molar-refractivity contribution in [2.24, 2.45) is 0 Å². The smallest absolute Gasteiger partial charge is 0.456 e. The molecule has 0 aliphatic carbocycles. The summed E-state index contributed by atoms with van der Waals surface area (Å²) in [5, 5.41) is 9.27. The van der Waals surface area contributed by atoms with Crippen molar-refractivity contribution in [2.75, 3.05) is 0 Å². The van der Waals surface area contributed by atoms with Crippen molar-refractivity contribution in [3.63, 3.8) is 0 Å². The van der Waals surface area contributed by atoms with Crippen LogP contribution >= 0.6 is 0 Å². The van der Waals surface area contributed by atoms with Crippen molar-refractivity contribution >= 4 is 16.1 Å². The molecule has 0 saturated carbocycles. The number of hydrogen-bond donors (Lipinski definition) is 1. The molecule has 0 saturated heterocycles. The lowest BCUT2D eigenvalue weighted by Crippen LogP contribution is -2.46. The van der Waals surface area contributed by atoms with E-state index in [4.69, 9.17) is 0 Å².